The van der Waals surface area contributed by atoms with Crippen LogP contribution in [0.2, 0.25) is 0 Å². The summed E-state index contributed by atoms with van der Waals surface area (Å²) in [5, 5.41) is 0. The van der Waals surface area contributed by atoms with E-state index in [0.29, 0.717) is 5.69 Å². The first kappa shape index (κ1) is 10.7. The molecule has 0 spiro atoms. The lowest BCUT2D eigenvalue weighted by Gasteiger charge is -2.02. The van der Waals surface area contributed by atoms with Gasteiger partial charge in [0.1, 0.15) is 7.11 Å². The molecule has 0 bridgehead atoms. The molecule has 0 amide bonds. The summed E-state index contributed by atoms with van der Waals surface area (Å²) >= 11 is 0.819. The van der Waals surface area contributed by atoms with Gasteiger partial charge in [-0.15, -0.1) is 0 Å². The normalized spacial score (nSPS) is 10.4. The van der Waals surface area contributed by atoms with Gasteiger partial charge >= 0.3 is 10.6 Å². The van der Waals surface area contributed by atoms with Crippen molar-refractivity contribution in [1.29, 1.82) is 0 Å². The summed E-state index contributed by atoms with van der Waals surface area (Å²) in [7, 11) is 1.29. The fourth-order valence-corrected chi connectivity index (χ4v) is 2.25. The van der Waals surface area contributed by atoms with E-state index in [2.05, 4.69) is 0 Å². The Balaban J connectivity index is 2.72. The molecule has 0 radical (unpaired) electrons. The molecular formula is C10H10N2O3S. The van der Waals surface area contributed by atoms with E-state index in [4.69, 9.17) is 4.84 Å². The summed E-state index contributed by atoms with van der Waals surface area (Å²) in [6, 6.07) is 7.35. The van der Waals surface area contributed by atoms with Gasteiger partial charge in [0, 0.05) is 11.5 Å². The zero-order valence-electron chi connectivity index (χ0n) is 8.84. The maximum atomic E-state index is 11.8. The summed E-state index contributed by atoms with van der Waals surface area (Å²) in [5.74, 6) is 0. The first-order valence-electron chi connectivity index (χ1n) is 4.61. The van der Waals surface area contributed by atoms with E-state index < -0.39 is 10.6 Å². The van der Waals surface area contributed by atoms with Crippen molar-refractivity contribution in [3.8, 4) is 5.69 Å². The average molecular weight is 238 g/mol. The minimum atomic E-state index is -0.480. The van der Waals surface area contributed by atoms with Gasteiger partial charge in [-0.05, 0) is 18.6 Å². The zero-order chi connectivity index (χ0) is 11.7. The first-order valence-corrected chi connectivity index (χ1v) is 5.38. The van der Waals surface area contributed by atoms with Gasteiger partial charge < -0.3 is 4.84 Å². The van der Waals surface area contributed by atoms with Crippen LogP contribution in [0.1, 0.15) is 5.56 Å². The Morgan fingerprint density at radius 1 is 1.25 bits per heavy atom. The number of aryl methyl sites for hydroxylation is 1. The van der Waals surface area contributed by atoms with Crippen molar-refractivity contribution in [1.82, 2.24) is 8.69 Å². The largest absolute Gasteiger partial charge is 0.409 e. The fraction of sp³-hybridized carbons (Fsp3) is 0.200. The Morgan fingerprint density at radius 2 is 1.94 bits per heavy atom. The maximum absolute atomic E-state index is 11.8. The average Bonchev–Trinajstić information content (AvgIpc) is 2.55. The van der Waals surface area contributed by atoms with Gasteiger partial charge in [-0.2, -0.15) is 0 Å². The van der Waals surface area contributed by atoms with Crippen LogP contribution in [-0.4, -0.2) is 15.8 Å². The van der Waals surface area contributed by atoms with Crippen LogP contribution >= 0.6 is 11.5 Å². The van der Waals surface area contributed by atoms with E-state index in [0.717, 1.165) is 21.8 Å². The molecular weight excluding hydrogens is 228 g/mol. The molecule has 84 valence electrons. The topological polar surface area (TPSA) is 53.2 Å². The van der Waals surface area contributed by atoms with Gasteiger partial charge in [0.2, 0.25) is 0 Å². The van der Waals surface area contributed by atoms with E-state index in [1.54, 1.807) is 6.07 Å². The molecule has 0 unspecified atom stereocenters. The van der Waals surface area contributed by atoms with Crippen LogP contribution in [0.5, 0.6) is 0 Å². The number of para-hydroxylation sites is 1. The number of hydrogen-bond acceptors (Lipinski definition) is 4. The maximum Gasteiger partial charge on any atom is 0.379 e. The molecule has 0 aliphatic heterocycles. The molecule has 6 heteroatoms. The standard InChI is InChI=1S/C10H10N2O3S/c1-7-5-3-4-6-8(7)12-9(13)11(15-2)10(14)16-12/h3-6H,1-2H3. The highest BCUT2D eigenvalue weighted by Gasteiger charge is 2.12. The second-order valence-corrected chi connectivity index (χ2v) is 4.09. The van der Waals surface area contributed by atoms with E-state index in [1.165, 1.54) is 11.1 Å². The molecule has 0 aliphatic rings. The summed E-state index contributed by atoms with van der Waals surface area (Å²) in [6.07, 6.45) is 0. The summed E-state index contributed by atoms with van der Waals surface area (Å²) in [4.78, 5) is 27.5. The van der Waals surface area contributed by atoms with Crippen LogP contribution in [0, 0.1) is 6.92 Å². The van der Waals surface area contributed by atoms with Gasteiger partial charge in [-0.25, -0.2) is 8.75 Å². The van der Waals surface area contributed by atoms with Crippen molar-refractivity contribution in [2.75, 3.05) is 7.11 Å². The molecule has 0 aliphatic carbocycles. The fourth-order valence-electron chi connectivity index (χ4n) is 1.41. The minimum absolute atomic E-state index is 0.434. The summed E-state index contributed by atoms with van der Waals surface area (Å²) < 4.78 is 2.05. The lowest BCUT2D eigenvalue weighted by Crippen LogP contribution is -2.32. The molecule has 0 atom stereocenters. The molecule has 5 nitrogen and oxygen atoms in total. The smallest absolute Gasteiger partial charge is 0.379 e. The predicted octanol–water partition coefficient (Wildman–Crippen LogP) is 0.428. The van der Waals surface area contributed by atoms with E-state index in [-0.39, 0.29) is 0 Å². The number of nitrogens with zero attached hydrogens (tertiary/aromatic N) is 2. The Labute approximate surface area is 95.2 Å². The Bertz CT molecular complexity index is 623. The quantitative estimate of drug-likeness (QED) is 0.762. The van der Waals surface area contributed by atoms with Crippen LogP contribution in [0.15, 0.2) is 33.9 Å². The Morgan fingerprint density at radius 3 is 2.50 bits per heavy atom. The van der Waals surface area contributed by atoms with Crippen LogP contribution in [-0.2, 0) is 0 Å². The first-order chi connectivity index (χ1) is 7.65. The molecule has 0 saturated carbocycles. The van der Waals surface area contributed by atoms with Gasteiger partial charge in [0.05, 0.1) is 5.69 Å². The van der Waals surface area contributed by atoms with Crippen LogP contribution in [0.4, 0.5) is 0 Å². The Kier molecular flexibility index (Phi) is 2.66. The molecule has 16 heavy (non-hydrogen) atoms. The predicted molar refractivity (Wildman–Crippen MR) is 61.4 cm³/mol. The van der Waals surface area contributed by atoms with Crippen molar-refractivity contribution in [3.05, 3.63) is 50.0 Å². The Hall–Kier alpha value is -1.82. The number of rotatable bonds is 2. The van der Waals surface area contributed by atoms with Crippen LogP contribution in [0.25, 0.3) is 5.69 Å². The molecule has 1 aromatic heterocycles. The molecule has 2 rings (SSSR count). The van der Waals surface area contributed by atoms with Crippen molar-refractivity contribution >= 4 is 11.5 Å². The third kappa shape index (κ3) is 1.57. The molecule has 0 saturated heterocycles. The highest BCUT2D eigenvalue weighted by molar-refractivity contribution is 7.03. The van der Waals surface area contributed by atoms with Crippen molar-refractivity contribution in [2.24, 2.45) is 0 Å². The van der Waals surface area contributed by atoms with Gasteiger partial charge in [-0.1, -0.05) is 22.9 Å². The van der Waals surface area contributed by atoms with Crippen molar-refractivity contribution in [3.63, 3.8) is 0 Å². The number of hydrogen-bond donors (Lipinski definition) is 0. The second-order valence-electron chi connectivity index (χ2n) is 3.20. The highest BCUT2D eigenvalue weighted by Crippen LogP contribution is 2.11. The van der Waals surface area contributed by atoms with E-state index in [9.17, 15) is 9.59 Å². The van der Waals surface area contributed by atoms with Gasteiger partial charge in [0.15, 0.2) is 0 Å². The van der Waals surface area contributed by atoms with Crippen LogP contribution < -0.4 is 15.4 Å². The monoisotopic (exact) mass is 238 g/mol. The van der Waals surface area contributed by atoms with E-state index >= 15 is 0 Å². The summed E-state index contributed by atoms with van der Waals surface area (Å²) in [5.41, 5.74) is 1.14. The van der Waals surface area contributed by atoms with Crippen molar-refractivity contribution < 1.29 is 4.84 Å². The van der Waals surface area contributed by atoms with Crippen LogP contribution in [0.3, 0.4) is 0 Å². The number of aromatic nitrogens is 2. The lowest BCUT2D eigenvalue weighted by molar-refractivity contribution is 0.150. The minimum Gasteiger partial charge on any atom is -0.409 e. The van der Waals surface area contributed by atoms with Crippen molar-refractivity contribution in [2.45, 2.75) is 6.92 Å². The second kappa shape index (κ2) is 3.97. The highest BCUT2D eigenvalue weighted by atomic mass is 32.1. The van der Waals surface area contributed by atoms with Gasteiger partial charge in [0.25, 0.3) is 0 Å². The SMILES string of the molecule is COn1c(=O)sn(-c2ccccc2C)c1=O. The summed E-state index contributed by atoms with van der Waals surface area (Å²) in [6.45, 7) is 1.88. The molecule has 1 heterocycles. The third-order valence-corrected chi connectivity index (χ3v) is 3.06. The third-order valence-electron chi connectivity index (χ3n) is 2.20. The molecule has 2 aromatic rings. The van der Waals surface area contributed by atoms with E-state index in [1.807, 2.05) is 25.1 Å². The molecule has 1 aromatic carbocycles. The molecule has 0 N–H and O–H groups in total. The lowest BCUT2D eigenvalue weighted by atomic mass is 10.2. The molecule has 0 fully saturated rings. The number of benzene rings is 1. The van der Waals surface area contributed by atoms with Gasteiger partial charge in [-0.3, -0.25) is 4.79 Å². The zero-order valence-corrected chi connectivity index (χ0v) is 9.65.